The van der Waals surface area contributed by atoms with Crippen molar-refractivity contribution in [2.75, 3.05) is 0 Å². The van der Waals surface area contributed by atoms with E-state index in [1.807, 2.05) is 36.4 Å². The zero-order chi connectivity index (χ0) is 12.3. The molecule has 2 rings (SSSR count). The van der Waals surface area contributed by atoms with Crippen LogP contribution >= 0.6 is 0 Å². The van der Waals surface area contributed by atoms with Crippen molar-refractivity contribution in [1.29, 1.82) is 0 Å². The normalized spacial score (nSPS) is 9.29. The van der Waals surface area contributed by atoms with Crippen LogP contribution in [0.1, 0.15) is 31.4 Å². The van der Waals surface area contributed by atoms with E-state index in [1.54, 1.807) is 0 Å². The number of hydrogen-bond donors (Lipinski definition) is 0. The molecular weight excluding hydrogens is 204 g/mol. The zero-order valence-electron chi connectivity index (χ0n) is 10.9. The van der Waals surface area contributed by atoms with Crippen LogP contribution in [0.25, 0.3) is 0 Å². The fraction of sp³-hybridized carbons (Fsp3) is 0.294. The smallest absolute Gasteiger partial charge is 0.0279 e. The van der Waals surface area contributed by atoms with Gasteiger partial charge in [0, 0.05) is 0 Å². The highest BCUT2D eigenvalue weighted by Crippen LogP contribution is 2.10. The molecule has 0 aliphatic carbocycles. The van der Waals surface area contributed by atoms with Gasteiger partial charge in [-0.25, -0.2) is 0 Å². The molecule has 0 atom stereocenters. The van der Waals surface area contributed by atoms with Gasteiger partial charge in [-0.05, 0) is 24.0 Å². The van der Waals surface area contributed by atoms with Crippen molar-refractivity contribution >= 4 is 0 Å². The molecule has 0 radical (unpaired) electrons. The van der Waals surface area contributed by atoms with E-state index >= 15 is 0 Å². The fourth-order valence-electron chi connectivity index (χ4n) is 1.80. The first-order valence-corrected chi connectivity index (χ1v) is 6.45. The summed E-state index contributed by atoms with van der Waals surface area (Å²) in [6.07, 6.45) is 3.64. The molecule has 0 aliphatic rings. The highest BCUT2D eigenvalue weighted by molar-refractivity contribution is 5.26. The topological polar surface area (TPSA) is 0 Å². The Hall–Kier alpha value is -1.56. The minimum atomic E-state index is 1.16. The van der Waals surface area contributed by atoms with E-state index in [2.05, 4.69) is 38.1 Å². The lowest BCUT2D eigenvalue weighted by molar-refractivity contribution is 0.899. The summed E-state index contributed by atoms with van der Waals surface area (Å²) in [4.78, 5) is 0. The standard InChI is InChI=1S/C11H16.C6H6/c1-3-7-11-9-6-5-8-10(11)4-2;1-2-4-6-5-3-1/h5-6,8-9H,3-4,7H2,1-2H3;1-6H. The first-order chi connectivity index (χ1) is 8.38. The highest BCUT2D eigenvalue weighted by Gasteiger charge is 1.96. The summed E-state index contributed by atoms with van der Waals surface area (Å²) in [6.45, 7) is 4.45. The molecule has 2 aromatic rings. The maximum atomic E-state index is 2.24. The van der Waals surface area contributed by atoms with Crippen LogP contribution in [0.3, 0.4) is 0 Å². The molecule has 90 valence electrons. The lowest BCUT2D eigenvalue weighted by Crippen LogP contribution is -1.90. The Morgan fingerprint density at radius 3 is 1.53 bits per heavy atom. The third kappa shape index (κ3) is 5.35. The largest absolute Gasteiger partial charge is 0.0651 e. The Balaban J connectivity index is 0.000000202. The molecule has 0 fully saturated rings. The van der Waals surface area contributed by atoms with E-state index in [1.165, 1.54) is 24.0 Å². The predicted molar refractivity (Wildman–Crippen MR) is 76.3 cm³/mol. The summed E-state index contributed by atoms with van der Waals surface area (Å²) in [5, 5.41) is 0. The Kier molecular flexibility index (Phi) is 6.81. The van der Waals surface area contributed by atoms with Gasteiger partial charge in [0.05, 0.1) is 0 Å². The van der Waals surface area contributed by atoms with Crippen molar-refractivity contribution < 1.29 is 0 Å². The number of rotatable bonds is 3. The summed E-state index contributed by atoms with van der Waals surface area (Å²) in [6, 6.07) is 20.7. The van der Waals surface area contributed by atoms with Crippen molar-refractivity contribution in [1.82, 2.24) is 0 Å². The van der Waals surface area contributed by atoms with Crippen molar-refractivity contribution in [3.8, 4) is 0 Å². The Labute approximate surface area is 105 Å². The molecule has 0 spiro atoms. The quantitative estimate of drug-likeness (QED) is 0.699. The minimum Gasteiger partial charge on any atom is -0.0651 e. The van der Waals surface area contributed by atoms with Gasteiger partial charge in [0.2, 0.25) is 0 Å². The van der Waals surface area contributed by atoms with Gasteiger partial charge in [0.25, 0.3) is 0 Å². The lowest BCUT2D eigenvalue weighted by atomic mass is 10.0. The van der Waals surface area contributed by atoms with Crippen LogP contribution in [0, 0.1) is 0 Å². The van der Waals surface area contributed by atoms with Crippen molar-refractivity contribution in [3.63, 3.8) is 0 Å². The monoisotopic (exact) mass is 226 g/mol. The average Bonchev–Trinajstić information content (AvgIpc) is 2.42. The van der Waals surface area contributed by atoms with Crippen LogP contribution in [0.5, 0.6) is 0 Å². The second-order valence-corrected chi connectivity index (χ2v) is 4.03. The van der Waals surface area contributed by atoms with E-state index < -0.39 is 0 Å². The van der Waals surface area contributed by atoms with Crippen molar-refractivity contribution in [2.45, 2.75) is 33.1 Å². The first kappa shape index (κ1) is 13.5. The third-order valence-corrected chi connectivity index (χ3v) is 2.69. The van der Waals surface area contributed by atoms with Crippen LogP contribution in [0.4, 0.5) is 0 Å². The number of hydrogen-bond acceptors (Lipinski definition) is 0. The SMILES string of the molecule is CCCc1ccccc1CC.c1ccccc1. The van der Waals surface area contributed by atoms with E-state index in [9.17, 15) is 0 Å². The average molecular weight is 226 g/mol. The molecular formula is C17H22. The van der Waals surface area contributed by atoms with Gasteiger partial charge in [0.15, 0.2) is 0 Å². The Morgan fingerprint density at radius 2 is 1.12 bits per heavy atom. The fourth-order valence-corrected chi connectivity index (χ4v) is 1.80. The van der Waals surface area contributed by atoms with Gasteiger partial charge < -0.3 is 0 Å². The molecule has 0 unspecified atom stereocenters. The summed E-state index contributed by atoms with van der Waals surface area (Å²) < 4.78 is 0. The van der Waals surface area contributed by atoms with E-state index in [-0.39, 0.29) is 0 Å². The van der Waals surface area contributed by atoms with E-state index in [0.717, 1.165) is 6.42 Å². The highest BCUT2D eigenvalue weighted by atomic mass is 14.0. The van der Waals surface area contributed by atoms with E-state index in [0.29, 0.717) is 0 Å². The van der Waals surface area contributed by atoms with Gasteiger partial charge in [-0.3, -0.25) is 0 Å². The molecule has 0 nitrogen and oxygen atoms in total. The molecule has 0 amide bonds. The van der Waals surface area contributed by atoms with Gasteiger partial charge in [-0.15, -0.1) is 0 Å². The lowest BCUT2D eigenvalue weighted by Gasteiger charge is -2.04. The number of aryl methyl sites for hydroxylation is 2. The van der Waals surface area contributed by atoms with Gasteiger partial charge in [0.1, 0.15) is 0 Å². The zero-order valence-corrected chi connectivity index (χ0v) is 10.9. The second-order valence-electron chi connectivity index (χ2n) is 4.03. The summed E-state index contributed by atoms with van der Waals surface area (Å²) in [5.74, 6) is 0. The maximum absolute atomic E-state index is 2.24. The van der Waals surface area contributed by atoms with Crippen LogP contribution in [-0.2, 0) is 12.8 Å². The molecule has 0 N–H and O–H groups in total. The molecule has 0 saturated heterocycles. The molecule has 2 aromatic carbocycles. The molecule has 0 aliphatic heterocycles. The van der Waals surface area contributed by atoms with Crippen LogP contribution in [-0.4, -0.2) is 0 Å². The van der Waals surface area contributed by atoms with Crippen LogP contribution in [0.15, 0.2) is 60.7 Å². The van der Waals surface area contributed by atoms with Crippen molar-refractivity contribution in [3.05, 3.63) is 71.8 Å². The van der Waals surface area contributed by atoms with Crippen LogP contribution < -0.4 is 0 Å². The first-order valence-electron chi connectivity index (χ1n) is 6.45. The second kappa shape index (κ2) is 8.58. The molecule has 17 heavy (non-hydrogen) atoms. The van der Waals surface area contributed by atoms with Gasteiger partial charge >= 0.3 is 0 Å². The van der Waals surface area contributed by atoms with Gasteiger partial charge in [-0.2, -0.15) is 0 Å². The third-order valence-electron chi connectivity index (χ3n) is 2.69. The summed E-state index contributed by atoms with van der Waals surface area (Å²) in [5.41, 5.74) is 3.03. The Morgan fingerprint density at radius 1 is 0.647 bits per heavy atom. The summed E-state index contributed by atoms with van der Waals surface area (Å²) in [7, 11) is 0. The molecule has 0 bridgehead atoms. The maximum Gasteiger partial charge on any atom is -0.0279 e. The molecule has 0 saturated carbocycles. The number of benzene rings is 2. The predicted octanol–water partition coefficient (Wildman–Crippen LogP) is 4.89. The molecule has 0 heterocycles. The van der Waals surface area contributed by atoms with Crippen molar-refractivity contribution in [2.24, 2.45) is 0 Å². The van der Waals surface area contributed by atoms with E-state index in [4.69, 9.17) is 0 Å². The van der Waals surface area contributed by atoms with Gasteiger partial charge in [-0.1, -0.05) is 80.9 Å². The minimum absolute atomic E-state index is 1.16. The molecule has 0 aromatic heterocycles. The molecule has 0 heteroatoms. The summed E-state index contributed by atoms with van der Waals surface area (Å²) >= 11 is 0. The Bertz CT molecular complexity index is 363. The van der Waals surface area contributed by atoms with Crippen LogP contribution in [0.2, 0.25) is 0 Å².